The number of hydrogen-bond acceptors (Lipinski definition) is 2. The van der Waals surface area contributed by atoms with Gasteiger partial charge in [-0.2, -0.15) is 5.26 Å². The fourth-order valence-corrected chi connectivity index (χ4v) is 2.62. The average molecular weight is 247 g/mol. The lowest BCUT2D eigenvalue weighted by atomic mass is 9.85. The number of halogens is 1. The molecule has 1 aromatic carbocycles. The van der Waals surface area contributed by atoms with Crippen LogP contribution in [0.1, 0.15) is 44.6 Å². The summed E-state index contributed by atoms with van der Waals surface area (Å²) in [5, 5.41) is 8.70. The highest BCUT2D eigenvalue weighted by atomic mass is 19.1. The van der Waals surface area contributed by atoms with Crippen LogP contribution < -0.4 is 4.74 Å². The lowest BCUT2D eigenvalue weighted by Crippen LogP contribution is -2.30. The molecule has 0 saturated heterocycles. The van der Waals surface area contributed by atoms with Crippen LogP contribution in [-0.2, 0) is 0 Å². The van der Waals surface area contributed by atoms with Gasteiger partial charge in [0, 0.05) is 0 Å². The normalized spacial score (nSPS) is 23.4. The van der Waals surface area contributed by atoms with E-state index in [1.54, 1.807) is 12.1 Å². The summed E-state index contributed by atoms with van der Waals surface area (Å²) in [6, 6.07) is 6.32. The third-order valence-corrected chi connectivity index (χ3v) is 3.70. The van der Waals surface area contributed by atoms with E-state index in [0.29, 0.717) is 11.5 Å². The van der Waals surface area contributed by atoms with Gasteiger partial charge in [-0.25, -0.2) is 4.39 Å². The Morgan fingerprint density at radius 1 is 1.39 bits per heavy atom. The summed E-state index contributed by atoms with van der Waals surface area (Å²) in [4.78, 5) is 0. The first-order valence-corrected chi connectivity index (χ1v) is 6.61. The third kappa shape index (κ3) is 2.81. The van der Waals surface area contributed by atoms with Crippen molar-refractivity contribution < 1.29 is 9.13 Å². The molecule has 2 nitrogen and oxygen atoms in total. The zero-order valence-corrected chi connectivity index (χ0v) is 10.7. The first kappa shape index (κ1) is 12.9. The number of nitriles is 1. The van der Waals surface area contributed by atoms with E-state index in [9.17, 15) is 4.39 Å². The number of nitrogens with zero attached hydrogens (tertiary/aromatic N) is 1. The topological polar surface area (TPSA) is 33.0 Å². The van der Waals surface area contributed by atoms with E-state index in [1.807, 2.05) is 6.07 Å². The molecule has 0 bridgehead atoms. The van der Waals surface area contributed by atoms with E-state index >= 15 is 0 Å². The van der Waals surface area contributed by atoms with Gasteiger partial charge in [-0.05, 0) is 49.8 Å². The molecule has 1 fully saturated rings. The van der Waals surface area contributed by atoms with E-state index in [-0.39, 0.29) is 11.9 Å². The van der Waals surface area contributed by atoms with Crippen molar-refractivity contribution in [3.8, 4) is 11.8 Å². The Balaban J connectivity index is 2.10. The van der Waals surface area contributed by atoms with Crippen LogP contribution in [0.2, 0.25) is 0 Å². The second-order valence-electron chi connectivity index (χ2n) is 4.87. The summed E-state index contributed by atoms with van der Waals surface area (Å²) in [5.74, 6) is 0.364. The van der Waals surface area contributed by atoms with Crippen LogP contribution in [0.15, 0.2) is 18.2 Å². The van der Waals surface area contributed by atoms with Gasteiger partial charge in [0.15, 0.2) is 11.6 Å². The van der Waals surface area contributed by atoms with Gasteiger partial charge in [0.25, 0.3) is 0 Å². The molecule has 2 unspecified atom stereocenters. The van der Waals surface area contributed by atoms with Gasteiger partial charge in [0.2, 0.25) is 0 Å². The molecule has 1 aliphatic carbocycles. The van der Waals surface area contributed by atoms with Gasteiger partial charge >= 0.3 is 0 Å². The van der Waals surface area contributed by atoms with Crippen molar-refractivity contribution in [2.75, 3.05) is 0 Å². The van der Waals surface area contributed by atoms with Crippen molar-refractivity contribution in [1.29, 1.82) is 5.26 Å². The number of hydrogen-bond donors (Lipinski definition) is 0. The predicted octanol–water partition coefficient (Wildman–Crippen LogP) is 4.04. The van der Waals surface area contributed by atoms with Crippen molar-refractivity contribution in [2.24, 2.45) is 5.92 Å². The van der Waals surface area contributed by atoms with Crippen LogP contribution in [0.25, 0.3) is 0 Å². The molecule has 1 aliphatic rings. The van der Waals surface area contributed by atoms with Crippen molar-refractivity contribution in [3.05, 3.63) is 29.6 Å². The smallest absolute Gasteiger partial charge is 0.166 e. The van der Waals surface area contributed by atoms with Gasteiger partial charge in [0.05, 0.1) is 11.6 Å². The van der Waals surface area contributed by atoms with Crippen LogP contribution in [0.5, 0.6) is 5.75 Å². The zero-order chi connectivity index (χ0) is 13.0. The first-order chi connectivity index (χ1) is 8.74. The minimum Gasteiger partial charge on any atom is -0.487 e. The second kappa shape index (κ2) is 5.86. The van der Waals surface area contributed by atoms with Crippen molar-refractivity contribution in [1.82, 2.24) is 0 Å². The maximum Gasteiger partial charge on any atom is 0.166 e. The average Bonchev–Trinajstić information content (AvgIpc) is 2.41. The minimum absolute atomic E-state index is 0.117. The molecule has 3 heteroatoms. The van der Waals surface area contributed by atoms with Crippen molar-refractivity contribution >= 4 is 0 Å². The van der Waals surface area contributed by atoms with Crippen LogP contribution in [0.4, 0.5) is 4.39 Å². The summed E-state index contributed by atoms with van der Waals surface area (Å²) in [6.07, 6.45) is 5.75. The first-order valence-electron chi connectivity index (χ1n) is 6.61. The lowest BCUT2D eigenvalue weighted by molar-refractivity contribution is 0.0863. The molecular weight excluding hydrogens is 229 g/mol. The van der Waals surface area contributed by atoms with Crippen LogP contribution >= 0.6 is 0 Å². The summed E-state index contributed by atoms with van der Waals surface area (Å²) < 4.78 is 19.6. The highest BCUT2D eigenvalue weighted by molar-refractivity contribution is 5.36. The maximum absolute atomic E-state index is 13.7. The summed E-state index contributed by atoms with van der Waals surface area (Å²) >= 11 is 0. The predicted molar refractivity (Wildman–Crippen MR) is 67.8 cm³/mol. The molecule has 18 heavy (non-hydrogen) atoms. The van der Waals surface area contributed by atoms with E-state index in [1.165, 1.54) is 18.9 Å². The molecule has 96 valence electrons. The van der Waals surface area contributed by atoms with Crippen LogP contribution in [0.3, 0.4) is 0 Å². The third-order valence-electron chi connectivity index (χ3n) is 3.70. The van der Waals surface area contributed by atoms with Crippen molar-refractivity contribution in [2.45, 2.75) is 45.1 Å². The Labute approximate surface area is 107 Å². The fourth-order valence-electron chi connectivity index (χ4n) is 2.62. The Hall–Kier alpha value is -1.56. The second-order valence-corrected chi connectivity index (χ2v) is 4.87. The summed E-state index contributed by atoms with van der Waals surface area (Å²) in [6.45, 7) is 2.15. The molecule has 2 atom stereocenters. The van der Waals surface area contributed by atoms with E-state index < -0.39 is 5.82 Å². The van der Waals surface area contributed by atoms with Crippen LogP contribution in [-0.4, -0.2) is 6.10 Å². The highest BCUT2D eigenvalue weighted by Crippen LogP contribution is 2.31. The molecule has 1 aromatic rings. The van der Waals surface area contributed by atoms with Gasteiger partial charge in [-0.1, -0.05) is 13.3 Å². The maximum atomic E-state index is 13.7. The molecule has 0 spiro atoms. The van der Waals surface area contributed by atoms with Gasteiger partial charge in [-0.15, -0.1) is 0 Å². The molecule has 0 N–H and O–H groups in total. The Morgan fingerprint density at radius 3 is 2.83 bits per heavy atom. The van der Waals surface area contributed by atoms with Gasteiger partial charge in [-0.3, -0.25) is 0 Å². The molecule has 0 radical (unpaired) electrons. The largest absolute Gasteiger partial charge is 0.487 e. The minimum atomic E-state index is -0.436. The highest BCUT2D eigenvalue weighted by Gasteiger charge is 2.26. The molecule has 1 saturated carbocycles. The summed E-state index contributed by atoms with van der Waals surface area (Å²) in [5.41, 5.74) is 0.329. The number of rotatable bonds is 3. The molecular formula is C15H18FNO. The van der Waals surface area contributed by atoms with E-state index in [4.69, 9.17) is 10.00 Å². The molecule has 0 aliphatic heterocycles. The van der Waals surface area contributed by atoms with Crippen molar-refractivity contribution in [3.63, 3.8) is 0 Å². The standard InChI is InChI=1S/C15H18FNO/c1-2-12-5-3-4-6-14(12)18-15-8-7-11(10-17)9-13(15)16/h7-9,12,14H,2-6H2,1H3. The van der Waals surface area contributed by atoms with E-state index in [0.717, 1.165) is 19.3 Å². The zero-order valence-electron chi connectivity index (χ0n) is 10.7. The Bertz CT molecular complexity index is 452. The summed E-state index contributed by atoms with van der Waals surface area (Å²) in [7, 11) is 0. The monoisotopic (exact) mass is 247 g/mol. The Kier molecular flexibility index (Phi) is 4.19. The van der Waals surface area contributed by atoms with E-state index in [2.05, 4.69) is 6.92 Å². The Morgan fingerprint density at radius 2 is 2.17 bits per heavy atom. The van der Waals surface area contributed by atoms with Crippen LogP contribution in [0, 0.1) is 23.1 Å². The molecule has 0 amide bonds. The molecule has 0 heterocycles. The fraction of sp³-hybridized carbons (Fsp3) is 0.533. The number of benzene rings is 1. The SMILES string of the molecule is CCC1CCCCC1Oc1ccc(C#N)cc1F. The van der Waals surface area contributed by atoms with Gasteiger partial charge in [0.1, 0.15) is 6.10 Å². The van der Waals surface area contributed by atoms with Gasteiger partial charge < -0.3 is 4.74 Å². The quantitative estimate of drug-likeness (QED) is 0.807. The lowest BCUT2D eigenvalue weighted by Gasteiger charge is -2.31. The molecule has 0 aromatic heterocycles. The number of ether oxygens (including phenoxy) is 1. The molecule has 2 rings (SSSR count).